The van der Waals surface area contributed by atoms with Gasteiger partial charge in [-0.1, -0.05) is 30.3 Å². The Morgan fingerprint density at radius 3 is 2.67 bits per heavy atom. The molecule has 1 aromatic carbocycles. The highest BCUT2D eigenvalue weighted by Gasteiger charge is 2.31. The molecule has 1 heterocycles. The minimum Gasteiger partial charge on any atom is -0.387 e. The van der Waals surface area contributed by atoms with E-state index in [0.717, 1.165) is 18.4 Å². The van der Waals surface area contributed by atoms with Crippen molar-refractivity contribution in [3.63, 3.8) is 0 Å². The smallest absolute Gasteiger partial charge is 0.148 e. The maximum atomic E-state index is 10.8. The third-order valence-corrected chi connectivity index (χ3v) is 2.43. The molecule has 1 fully saturated rings. The predicted molar refractivity (Wildman–Crippen MR) is 58.3 cm³/mol. The Hall–Kier alpha value is -1.45. The second-order valence-electron chi connectivity index (χ2n) is 3.63. The summed E-state index contributed by atoms with van der Waals surface area (Å²) in [5.41, 5.74) is 1.36. The molecule has 1 saturated heterocycles. The zero-order valence-corrected chi connectivity index (χ0v) is 8.26. The average molecular weight is 203 g/mol. The highest BCUT2D eigenvalue weighted by molar-refractivity contribution is 5.83. The van der Waals surface area contributed by atoms with Gasteiger partial charge in [0.1, 0.15) is 6.29 Å². The molecule has 15 heavy (non-hydrogen) atoms. The Morgan fingerprint density at radius 1 is 1.47 bits per heavy atom. The van der Waals surface area contributed by atoms with Crippen LogP contribution in [0.3, 0.4) is 0 Å². The molecule has 0 aromatic heterocycles. The molecule has 2 atom stereocenters. The first-order valence-electron chi connectivity index (χ1n) is 4.94. The van der Waals surface area contributed by atoms with Crippen LogP contribution in [-0.4, -0.2) is 30.1 Å². The quantitative estimate of drug-likeness (QED) is 0.428. The molecular formula is C12H13NO2. The molecule has 0 bridgehead atoms. The number of carbonyl (C=O) groups excluding carboxylic acids is 1. The van der Waals surface area contributed by atoms with Gasteiger partial charge in [0.05, 0.1) is 6.10 Å². The van der Waals surface area contributed by atoms with E-state index in [0.29, 0.717) is 5.57 Å². The normalized spacial score (nSPS) is 22.2. The van der Waals surface area contributed by atoms with Gasteiger partial charge in [0.15, 0.2) is 0 Å². The van der Waals surface area contributed by atoms with Crippen LogP contribution in [0, 0.1) is 0 Å². The van der Waals surface area contributed by atoms with Crippen molar-refractivity contribution in [2.45, 2.75) is 12.1 Å². The van der Waals surface area contributed by atoms with Gasteiger partial charge in [0.2, 0.25) is 0 Å². The summed E-state index contributed by atoms with van der Waals surface area (Å²) in [7, 11) is 0. The van der Waals surface area contributed by atoms with Gasteiger partial charge in [0.25, 0.3) is 0 Å². The molecule has 0 saturated carbocycles. The number of aliphatic hydroxyl groups is 1. The number of carbonyl (C=O) groups is 1. The molecule has 0 radical (unpaired) electrons. The van der Waals surface area contributed by atoms with Gasteiger partial charge in [-0.3, -0.25) is 4.79 Å². The lowest BCUT2D eigenvalue weighted by Crippen LogP contribution is -2.20. The van der Waals surface area contributed by atoms with Gasteiger partial charge in [-0.2, -0.15) is 0 Å². The number of hydrogen-bond donors (Lipinski definition) is 2. The number of aliphatic hydroxyl groups excluding tert-OH is 1. The van der Waals surface area contributed by atoms with E-state index >= 15 is 0 Å². The van der Waals surface area contributed by atoms with Crippen LogP contribution in [0.25, 0.3) is 6.08 Å². The van der Waals surface area contributed by atoms with E-state index in [2.05, 4.69) is 5.32 Å². The van der Waals surface area contributed by atoms with Crippen LogP contribution in [0.4, 0.5) is 0 Å². The monoisotopic (exact) mass is 203 g/mol. The second kappa shape index (κ2) is 4.38. The molecule has 3 heteroatoms. The molecule has 1 aromatic rings. The summed E-state index contributed by atoms with van der Waals surface area (Å²) in [4.78, 5) is 10.8. The van der Waals surface area contributed by atoms with E-state index in [1.165, 1.54) is 0 Å². The maximum Gasteiger partial charge on any atom is 0.148 e. The Labute approximate surface area is 88.4 Å². The zero-order chi connectivity index (χ0) is 10.7. The van der Waals surface area contributed by atoms with Gasteiger partial charge in [-0.15, -0.1) is 0 Å². The van der Waals surface area contributed by atoms with Crippen LogP contribution >= 0.6 is 0 Å². The van der Waals surface area contributed by atoms with Gasteiger partial charge in [-0.05, 0) is 11.6 Å². The van der Waals surface area contributed by atoms with E-state index < -0.39 is 6.10 Å². The highest BCUT2D eigenvalue weighted by atomic mass is 16.3. The van der Waals surface area contributed by atoms with E-state index in [1.54, 1.807) is 6.08 Å². The van der Waals surface area contributed by atoms with Crippen molar-refractivity contribution < 1.29 is 9.90 Å². The summed E-state index contributed by atoms with van der Waals surface area (Å²) >= 11 is 0. The number of nitrogens with one attached hydrogen (secondary N) is 1. The fourth-order valence-corrected chi connectivity index (χ4v) is 1.45. The van der Waals surface area contributed by atoms with E-state index in [9.17, 15) is 9.90 Å². The third-order valence-electron chi connectivity index (χ3n) is 2.43. The van der Waals surface area contributed by atoms with Crippen molar-refractivity contribution in [1.29, 1.82) is 0 Å². The molecule has 2 rings (SSSR count). The maximum absolute atomic E-state index is 10.8. The van der Waals surface area contributed by atoms with E-state index in [4.69, 9.17) is 0 Å². The van der Waals surface area contributed by atoms with Crippen LogP contribution in [0.2, 0.25) is 0 Å². The Kier molecular flexibility index (Phi) is 2.94. The highest BCUT2D eigenvalue weighted by Crippen LogP contribution is 2.14. The fraction of sp³-hybridized carbons (Fsp3) is 0.250. The van der Waals surface area contributed by atoms with Gasteiger partial charge < -0.3 is 10.4 Å². The lowest BCUT2D eigenvalue weighted by molar-refractivity contribution is -0.105. The molecule has 0 aliphatic carbocycles. The first-order chi connectivity index (χ1) is 7.31. The van der Waals surface area contributed by atoms with E-state index in [1.807, 2.05) is 30.3 Å². The zero-order valence-electron chi connectivity index (χ0n) is 8.26. The molecule has 2 N–H and O–H groups in total. The molecule has 0 amide bonds. The van der Waals surface area contributed by atoms with Crippen molar-refractivity contribution in [3.05, 3.63) is 41.5 Å². The summed E-state index contributed by atoms with van der Waals surface area (Å²) in [6.07, 6.45) is 1.75. The molecule has 0 spiro atoms. The van der Waals surface area contributed by atoms with E-state index in [-0.39, 0.29) is 6.04 Å². The fourth-order valence-electron chi connectivity index (χ4n) is 1.45. The standard InChI is InChI=1S/C12H13NO2/c14-8-10(12(15)11-7-13-11)6-9-4-2-1-3-5-9/h1-6,8,11-13,15H,7H2/b10-6-/t11-,12-/m0/s1. The molecule has 78 valence electrons. The Balaban J connectivity index is 2.18. The molecule has 1 aliphatic heterocycles. The summed E-state index contributed by atoms with van der Waals surface area (Å²) in [5.74, 6) is 0. The van der Waals surface area contributed by atoms with Crippen LogP contribution in [0.1, 0.15) is 5.56 Å². The largest absolute Gasteiger partial charge is 0.387 e. The number of hydrogen-bond acceptors (Lipinski definition) is 3. The summed E-state index contributed by atoms with van der Waals surface area (Å²) in [5, 5.41) is 12.7. The summed E-state index contributed by atoms with van der Waals surface area (Å²) in [6.45, 7) is 0.779. The minimum absolute atomic E-state index is 0.0464. The van der Waals surface area contributed by atoms with Crippen molar-refractivity contribution in [2.24, 2.45) is 0 Å². The van der Waals surface area contributed by atoms with Gasteiger partial charge in [0, 0.05) is 18.2 Å². The number of benzene rings is 1. The van der Waals surface area contributed by atoms with Crippen molar-refractivity contribution >= 4 is 12.4 Å². The first-order valence-corrected chi connectivity index (χ1v) is 4.94. The molecule has 3 nitrogen and oxygen atoms in total. The summed E-state index contributed by atoms with van der Waals surface area (Å²) < 4.78 is 0. The average Bonchev–Trinajstić information content (AvgIpc) is 3.10. The van der Waals surface area contributed by atoms with Crippen molar-refractivity contribution in [2.75, 3.05) is 6.54 Å². The molecule has 0 unspecified atom stereocenters. The van der Waals surface area contributed by atoms with Gasteiger partial charge in [-0.25, -0.2) is 0 Å². The number of aldehydes is 1. The lowest BCUT2D eigenvalue weighted by atomic mass is 10.0. The SMILES string of the molecule is O=C/C(=C/c1ccccc1)[C@H](O)[C@@H]1CN1. The van der Waals surface area contributed by atoms with Crippen molar-refractivity contribution in [3.8, 4) is 0 Å². The van der Waals surface area contributed by atoms with Crippen molar-refractivity contribution in [1.82, 2.24) is 5.32 Å². The topological polar surface area (TPSA) is 59.2 Å². The molecular weight excluding hydrogens is 190 g/mol. The second-order valence-corrected chi connectivity index (χ2v) is 3.63. The van der Waals surface area contributed by atoms with Crippen LogP contribution in [0.5, 0.6) is 0 Å². The van der Waals surface area contributed by atoms with Crippen LogP contribution < -0.4 is 5.32 Å². The van der Waals surface area contributed by atoms with Crippen LogP contribution in [-0.2, 0) is 4.79 Å². The van der Waals surface area contributed by atoms with Gasteiger partial charge >= 0.3 is 0 Å². The third kappa shape index (κ3) is 2.52. The Bertz CT molecular complexity index is 368. The predicted octanol–water partition coefficient (Wildman–Crippen LogP) is 0.602. The minimum atomic E-state index is -0.692. The summed E-state index contributed by atoms with van der Waals surface area (Å²) in [6, 6.07) is 9.56. The lowest BCUT2D eigenvalue weighted by Gasteiger charge is -2.07. The first kappa shape index (κ1) is 10.1. The molecule has 1 aliphatic rings. The Morgan fingerprint density at radius 2 is 2.13 bits per heavy atom. The van der Waals surface area contributed by atoms with Crippen LogP contribution in [0.15, 0.2) is 35.9 Å². The number of rotatable bonds is 4.